The van der Waals surface area contributed by atoms with E-state index in [-0.39, 0.29) is 0 Å². The molecule has 0 saturated carbocycles. The lowest BCUT2D eigenvalue weighted by Gasteiger charge is -2.15. The number of guanidine groups is 1. The van der Waals surface area contributed by atoms with E-state index in [0.717, 1.165) is 32.1 Å². The highest BCUT2D eigenvalue weighted by Crippen LogP contribution is 2.07. The van der Waals surface area contributed by atoms with Gasteiger partial charge in [0.05, 0.1) is 0 Å². The molecule has 0 fully saturated rings. The van der Waals surface area contributed by atoms with Crippen molar-refractivity contribution in [3.8, 4) is 0 Å². The van der Waals surface area contributed by atoms with Crippen LogP contribution in [0.25, 0.3) is 0 Å². The second kappa shape index (κ2) is 9.73. The van der Waals surface area contributed by atoms with Gasteiger partial charge in [-0.3, -0.25) is 4.99 Å². The molecule has 0 unspecified atom stereocenters. The lowest BCUT2D eigenvalue weighted by Crippen LogP contribution is -2.36. The summed E-state index contributed by atoms with van der Waals surface area (Å²) in [7, 11) is 3.94. The first kappa shape index (κ1) is 18.0. The lowest BCUT2D eigenvalue weighted by atomic mass is 10.1. The number of rotatable bonds is 7. The van der Waals surface area contributed by atoms with Gasteiger partial charge in [-0.2, -0.15) is 0 Å². The van der Waals surface area contributed by atoms with Crippen LogP contribution < -0.4 is 10.6 Å². The molecule has 0 radical (unpaired) electrons. The van der Waals surface area contributed by atoms with Crippen molar-refractivity contribution in [2.24, 2.45) is 4.99 Å². The first-order chi connectivity index (χ1) is 11.7. The predicted molar refractivity (Wildman–Crippen MR) is 102 cm³/mol. The van der Waals surface area contributed by atoms with Gasteiger partial charge in [0.2, 0.25) is 0 Å². The fourth-order valence-corrected chi connectivity index (χ4v) is 2.45. The van der Waals surface area contributed by atoms with Gasteiger partial charge in [0.25, 0.3) is 0 Å². The summed E-state index contributed by atoms with van der Waals surface area (Å²) in [5.41, 5.74) is 3.84. The van der Waals surface area contributed by atoms with Gasteiger partial charge in [0, 0.05) is 26.7 Å². The van der Waals surface area contributed by atoms with Crippen molar-refractivity contribution in [3.63, 3.8) is 0 Å². The second-order valence-corrected chi connectivity index (χ2v) is 5.92. The van der Waals surface area contributed by atoms with Crippen molar-refractivity contribution in [1.82, 2.24) is 15.5 Å². The smallest absolute Gasteiger partial charge is 0.191 e. The van der Waals surface area contributed by atoms with Gasteiger partial charge in [-0.1, -0.05) is 61.5 Å². The molecule has 0 spiro atoms. The number of hydrogen-bond acceptors (Lipinski definition) is 2. The third-order valence-electron chi connectivity index (χ3n) is 3.97. The Labute approximate surface area is 145 Å². The molecule has 2 N–H and O–H groups in total. The average Bonchev–Trinajstić information content (AvgIpc) is 2.63. The van der Waals surface area contributed by atoms with Gasteiger partial charge in [-0.15, -0.1) is 0 Å². The molecule has 2 rings (SSSR count). The summed E-state index contributed by atoms with van der Waals surface area (Å²) in [5, 5.41) is 6.72. The van der Waals surface area contributed by atoms with Gasteiger partial charge < -0.3 is 15.5 Å². The van der Waals surface area contributed by atoms with Crippen LogP contribution in [0.3, 0.4) is 0 Å². The minimum Gasteiger partial charge on any atom is -0.352 e. The lowest BCUT2D eigenvalue weighted by molar-refractivity contribution is 0.345. The minimum absolute atomic E-state index is 0.762. The molecule has 2 aromatic rings. The van der Waals surface area contributed by atoms with Crippen LogP contribution in [0.4, 0.5) is 0 Å². The topological polar surface area (TPSA) is 39.7 Å². The maximum atomic E-state index is 4.29. The molecule has 128 valence electrons. The molecular formula is C20H28N4. The molecule has 0 saturated heterocycles. The standard InChI is InChI=1S/C20H28N4/c1-4-24(3)16-19-12-8-11-18(13-19)15-23-20(21-2)22-14-17-9-6-5-7-10-17/h5-13H,4,14-16H2,1-3H3,(H2,21,22,23). The highest BCUT2D eigenvalue weighted by Gasteiger charge is 2.02. The van der Waals surface area contributed by atoms with E-state index in [9.17, 15) is 0 Å². The van der Waals surface area contributed by atoms with Crippen LogP contribution in [-0.4, -0.2) is 31.5 Å². The van der Waals surface area contributed by atoms with Crippen molar-refractivity contribution in [2.75, 3.05) is 20.6 Å². The molecule has 0 amide bonds. The number of benzene rings is 2. The molecule has 0 heterocycles. The van der Waals surface area contributed by atoms with Crippen LogP contribution in [0.15, 0.2) is 59.6 Å². The van der Waals surface area contributed by atoms with Gasteiger partial charge >= 0.3 is 0 Å². The van der Waals surface area contributed by atoms with Crippen LogP contribution in [0.1, 0.15) is 23.6 Å². The molecule has 0 bridgehead atoms. The summed E-state index contributed by atoms with van der Waals surface area (Å²) >= 11 is 0. The van der Waals surface area contributed by atoms with E-state index in [1.165, 1.54) is 16.7 Å². The summed E-state index contributed by atoms with van der Waals surface area (Å²) in [6.07, 6.45) is 0. The zero-order valence-electron chi connectivity index (χ0n) is 14.9. The zero-order chi connectivity index (χ0) is 17.2. The van der Waals surface area contributed by atoms with E-state index in [0.29, 0.717) is 0 Å². The Balaban J connectivity index is 1.85. The largest absolute Gasteiger partial charge is 0.352 e. The van der Waals surface area contributed by atoms with E-state index in [2.05, 4.69) is 70.9 Å². The monoisotopic (exact) mass is 324 g/mol. The summed E-state index contributed by atoms with van der Waals surface area (Å²) < 4.78 is 0. The van der Waals surface area contributed by atoms with Crippen LogP contribution in [-0.2, 0) is 19.6 Å². The molecule has 0 atom stereocenters. The van der Waals surface area contributed by atoms with Gasteiger partial charge in [0.15, 0.2) is 5.96 Å². The third-order valence-corrected chi connectivity index (χ3v) is 3.97. The van der Waals surface area contributed by atoms with Crippen molar-refractivity contribution in [1.29, 1.82) is 0 Å². The quantitative estimate of drug-likeness (QED) is 0.607. The summed E-state index contributed by atoms with van der Waals surface area (Å²) in [4.78, 5) is 6.59. The molecule has 0 aliphatic heterocycles. The van der Waals surface area contributed by atoms with E-state index < -0.39 is 0 Å². The molecular weight excluding hydrogens is 296 g/mol. The van der Waals surface area contributed by atoms with Crippen LogP contribution >= 0.6 is 0 Å². The third kappa shape index (κ3) is 6.05. The van der Waals surface area contributed by atoms with Crippen molar-refractivity contribution in [2.45, 2.75) is 26.6 Å². The van der Waals surface area contributed by atoms with Crippen LogP contribution in [0.2, 0.25) is 0 Å². The SMILES string of the molecule is CCN(C)Cc1cccc(CNC(=NC)NCc2ccccc2)c1. The predicted octanol–water partition coefficient (Wildman–Crippen LogP) is 3.00. The first-order valence-electron chi connectivity index (χ1n) is 8.46. The van der Waals surface area contributed by atoms with Crippen LogP contribution in [0, 0.1) is 0 Å². The fraction of sp³-hybridized carbons (Fsp3) is 0.350. The Morgan fingerprint density at radius 1 is 0.917 bits per heavy atom. The summed E-state index contributed by atoms with van der Waals surface area (Å²) in [5.74, 6) is 0.815. The number of nitrogens with zero attached hydrogens (tertiary/aromatic N) is 2. The minimum atomic E-state index is 0.762. The summed E-state index contributed by atoms with van der Waals surface area (Å²) in [6.45, 7) is 5.73. The number of aliphatic imine (C=N–C) groups is 1. The molecule has 2 aromatic carbocycles. The molecule has 0 aliphatic carbocycles. The van der Waals surface area contributed by atoms with E-state index in [1.807, 2.05) is 18.2 Å². The maximum absolute atomic E-state index is 4.29. The maximum Gasteiger partial charge on any atom is 0.191 e. The highest BCUT2D eigenvalue weighted by atomic mass is 15.2. The van der Waals surface area contributed by atoms with Gasteiger partial charge in [-0.05, 0) is 30.3 Å². The first-order valence-corrected chi connectivity index (χ1v) is 8.46. The van der Waals surface area contributed by atoms with E-state index in [4.69, 9.17) is 0 Å². The molecule has 24 heavy (non-hydrogen) atoms. The second-order valence-electron chi connectivity index (χ2n) is 5.92. The Bertz CT molecular complexity index is 637. The highest BCUT2D eigenvalue weighted by molar-refractivity contribution is 5.79. The zero-order valence-corrected chi connectivity index (χ0v) is 14.9. The van der Waals surface area contributed by atoms with Gasteiger partial charge in [0.1, 0.15) is 0 Å². The fourth-order valence-electron chi connectivity index (χ4n) is 2.45. The van der Waals surface area contributed by atoms with Crippen molar-refractivity contribution in [3.05, 3.63) is 71.3 Å². The number of hydrogen-bond donors (Lipinski definition) is 2. The van der Waals surface area contributed by atoms with Gasteiger partial charge in [-0.25, -0.2) is 0 Å². The van der Waals surface area contributed by atoms with E-state index in [1.54, 1.807) is 7.05 Å². The molecule has 4 nitrogen and oxygen atoms in total. The Morgan fingerprint density at radius 2 is 1.54 bits per heavy atom. The normalized spacial score (nSPS) is 11.6. The van der Waals surface area contributed by atoms with E-state index >= 15 is 0 Å². The Kier molecular flexibility index (Phi) is 7.30. The van der Waals surface area contributed by atoms with Crippen molar-refractivity contribution < 1.29 is 0 Å². The Hall–Kier alpha value is -2.33. The summed E-state index contributed by atoms with van der Waals surface area (Å²) in [6, 6.07) is 19.0. The molecule has 0 aromatic heterocycles. The van der Waals surface area contributed by atoms with Crippen molar-refractivity contribution >= 4 is 5.96 Å². The molecule has 4 heteroatoms. The molecule has 0 aliphatic rings. The van der Waals surface area contributed by atoms with Crippen LogP contribution in [0.5, 0.6) is 0 Å². The Morgan fingerprint density at radius 3 is 2.21 bits per heavy atom. The number of nitrogens with one attached hydrogen (secondary N) is 2. The average molecular weight is 324 g/mol.